The van der Waals surface area contributed by atoms with E-state index in [2.05, 4.69) is 39.5 Å². The van der Waals surface area contributed by atoms with Crippen LogP contribution in [0.15, 0.2) is 36.9 Å². The first kappa shape index (κ1) is 12.7. The molecule has 0 spiro atoms. The van der Waals surface area contributed by atoms with E-state index in [9.17, 15) is 0 Å². The highest BCUT2D eigenvalue weighted by Crippen LogP contribution is 2.52. The highest BCUT2D eigenvalue weighted by molar-refractivity contribution is 5.39. The third kappa shape index (κ3) is 1.99. The van der Waals surface area contributed by atoms with Crippen LogP contribution in [-0.2, 0) is 4.74 Å². The van der Waals surface area contributed by atoms with E-state index in [0.29, 0.717) is 5.92 Å². The van der Waals surface area contributed by atoms with Crippen molar-refractivity contribution in [1.29, 1.82) is 0 Å². The first-order valence-electron chi connectivity index (χ1n) is 7.04. The maximum Gasteiger partial charge on any atom is 0.125 e. The van der Waals surface area contributed by atoms with Gasteiger partial charge in [-0.3, -0.25) is 0 Å². The fraction of sp³-hybridized carbons (Fsp3) is 0.529. The maximum atomic E-state index is 6.39. The molecule has 2 aliphatic heterocycles. The summed E-state index contributed by atoms with van der Waals surface area (Å²) in [6, 6.07) is 8.24. The molecule has 0 saturated carbocycles. The molecule has 0 amide bonds. The molecule has 19 heavy (non-hydrogen) atoms. The van der Waals surface area contributed by atoms with Gasteiger partial charge in [-0.25, -0.2) is 0 Å². The van der Waals surface area contributed by atoms with Crippen molar-refractivity contribution in [1.82, 2.24) is 0 Å². The maximum absolute atomic E-state index is 6.39. The molecule has 0 unspecified atom stereocenters. The van der Waals surface area contributed by atoms with Crippen LogP contribution in [0, 0.1) is 5.92 Å². The van der Waals surface area contributed by atoms with Gasteiger partial charge in [-0.2, -0.15) is 0 Å². The van der Waals surface area contributed by atoms with Crippen LogP contribution in [0.2, 0.25) is 0 Å². The Morgan fingerprint density at radius 2 is 2.00 bits per heavy atom. The van der Waals surface area contributed by atoms with Crippen molar-refractivity contribution >= 4 is 0 Å². The van der Waals surface area contributed by atoms with Gasteiger partial charge in [0.15, 0.2) is 0 Å². The van der Waals surface area contributed by atoms with E-state index in [0.717, 1.165) is 18.6 Å². The number of rotatable bonds is 1. The number of ether oxygens (including phenoxy) is 2. The van der Waals surface area contributed by atoms with E-state index in [1.54, 1.807) is 0 Å². The summed E-state index contributed by atoms with van der Waals surface area (Å²) in [5.74, 6) is 1.36. The average Bonchev–Trinajstić information content (AvgIpc) is 2.38. The number of para-hydroxylation sites is 1. The molecule has 2 heteroatoms. The first-order valence-corrected chi connectivity index (χ1v) is 7.04. The molecule has 2 heterocycles. The van der Waals surface area contributed by atoms with Gasteiger partial charge in [0.2, 0.25) is 0 Å². The Labute approximate surface area is 115 Å². The summed E-state index contributed by atoms with van der Waals surface area (Å²) in [6.45, 7) is 10.4. The molecule has 1 aromatic rings. The molecule has 0 bridgehead atoms. The molecule has 3 atom stereocenters. The van der Waals surface area contributed by atoms with Crippen LogP contribution in [0.1, 0.15) is 45.3 Å². The number of benzene rings is 1. The van der Waals surface area contributed by atoms with E-state index >= 15 is 0 Å². The van der Waals surface area contributed by atoms with E-state index in [-0.39, 0.29) is 17.3 Å². The van der Waals surface area contributed by atoms with Gasteiger partial charge in [0, 0.05) is 11.5 Å². The van der Waals surface area contributed by atoms with Crippen LogP contribution < -0.4 is 4.74 Å². The predicted molar refractivity (Wildman–Crippen MR) is 76.3 cm³/mol. The zero-order valence-corrected chi connectivity index (χ0v) is 12.0. The predicted octanol–water partition coefficient (Wildman–Crippen LogP) is 4.27. The van der Waals surface area contributed by atoms with Gasteiger partial charge in [-0.05, 0) is 39.7 Å². The molecule has 102 valence electrons. The molecule has 3 rings (SSSR count). The van der Waals surface area contributed by atoms with Crippen LogP contribution in [0.25, 0.3) is 0 Å². The summed E-state index contributed by atoms with van der Waals surface area (Å²) in [5, 5.41) is 0. The van der Waals surface area contributed by atoms with Crippen LogP contribution in [0.5, 0.6) is 5.75 Å². The van der Waals surface area contributed by atoms with Gasteiger partial charge >= 0.3 is 0 Å². The van der Waals surface area contributed by atoms with E-state index in [4.69, 9.17) is 9.47 Å². The monoisotopic (exact) mass is 258 g/mol. The second-order valence-corrected chi connectivity index (χ2v) is 6.44. The molecular weight excluding hydrogens is 236 g/mol. The standard InChI is InChI=1S/C17H22O2/c1-5-17(4)11-10-13-15(19-17)12-8-6-7-9-14(12)18-16(13,2)3/h5-9,13,15H,1,10-11H2,2-4H3/t13-,15+,17-/m1/s1. The molecule has 0 aliphatic carbocycles. The minimum atomic E-state index is -0.221. The van der Waals surface area contributed by atoms with Crippen LogP contribution in [-0.4, -0.2) is 11.2 Å². The molecule has 2 nitrogen and oxygen atoms in total. The smallest absolute Gasteiger partial charge is 0.125 e. The number of hydrogen-bond donors (Lipinski definition) is 0. The summed E-state index contributed by atoms with van der Waals surface area (Å²) in [7, 11) is 0. The van der Waals surface area contributed by atoms with Gasteiger partial charge in [0.05, 0.1) is 11.7 Å². The van der Waals surface area contributed by atoms with Crippen molar-refractivity contribution in [3.8, 4) is 5.75 Å². The van der Waals surface area contributed by atoms with Crippen molar-refractivity contribution in [3.63, 3.8) is 0 Å². The lowest BCUT2D eigenvalue weighted by Gasteiger charge is -2.51. The molecule has 2 aliphatic rings. The fourth-order valence-corrected chi connectivity index (χ4v) is 3.33. The minimum Gasteiger partial charge on any atom is -0.487 e. The lowest BCUT2D eigenvalue weighted by atomic mass is 9.73. The van der Waals surface area contributed by atoms with Gasteiger partial charge in [0.1, 0.15) is 11.4 Å². The van der Waals surface area contributed by atoms with Crippen molar-refractivity contribution in [2.45, 2.75) is 50.9 Å². The topological polar surface area (TPSA) is 18.5 Å². The Morgan fingerprint density at radius 1 is 1.26 bits per heavy atom. The average molecular weight is 258 g/mol. The second-order valence-electron chi connectivity index (χ2n) is 6.44. The highest BCUT2D eigenvalue weighted by Gasteiger charge is 2.49. The number of fused-ring (bicyclic) bond motifs is 3. The molecule has 1 aromatic carbocycles. The summed E-state index contributed by atoms with van der Waals surface area (Å²) >= 11 is 0. The van der Waals surface area contributed by atoms with Gasteiger partial charge in [0.25, 0.3) is 0 Å². The Hall–Kier alpha value is -1.28. The fourth-order valence-electron chi connectivity index (χ4n) is 3.33. The zero-order chi connectivity index (χ0) is 13.7. The van der Waals surface area contributed by atoms with E-state index in [1.807, 2.05) is 18.2 Å². The van der Waals surface area contributed by atoms with E-state index < -0.39 is 0 Å². The largest absolute Gasteiger partial charge is 0.487 e. The second kappa shape index (κ2) is 4.11. The molecule has 1 fully saturated rings. The summed E-state index contributed by atoms with van der Waals surface area (Å²) in [6.07, 6.45) is 4.16. The Morgan fingerprint density at radius 3 is 2.74 bits per heavy atom. The summed E-state index contributed by atoms with van der Waals surface area (Å²) in [5.41, 5.74) is 0.781. The highest BCUT2D eigenvalue weighted by atomic mass is 16.5. The van der Waals surface area contributed by atoms with Crippen LogP contribution in [0.3, 0.4) is 0 Å². The number of hydrogen-bond acceptors (Lipinski definition) is 2. The minimum absolute atomic E-state index is 0.108. The molecule has 0 aromatic heterocycles. The molecule has 1 saturated heterocycles. The van der Waals surface area contributed by atoms with Crippen molar-refractivity contribution in [2.75, 3.05) is 0 Å². The third-order valence-electron chi connectivity index (χ3n) is 4.64. The lowest BCUT2D eigenvalue weighted by molar-refractivity contribution is -0.172. The zero-order valence-electron chi connectivity index (χ0n) is 12.0. The molecular formula is C17H22O2. The van der Waals surface area contributed by atoms with Crippen molar-refractivity contribution in [2.24, 2.45) is 5.92 Å². The van der Waals surface area contributed by atoms with Crippen molar-refractivity contribution in [3.05, 3.63) is 42.5 Å². The van der Waals surface area contributed by atoms with Crippen molar-refractivity contribution < 1.29 is 9.47 Å². The summed E-state index contributed by atoms with van der Waals surface area (Å²) < 4.78 is 12.6. The normalized spacial score (nSPS) is 35.7. The summed E-state index contributed by atoms with van der Waals surface area (Å²) in [4.78, 5) is 0. The Balaban J connectivity index is 2.05. The third-order valence-corrected chi connectivity index (χ3v) is 4.64. The molecule has 0 N–H and O–H groups in total. The molecule has 0 radical (unpaired) electrons. The quantitative estimate of drug-likeness (QED) is 0.700. The Bertz CT molecular complexity index is 506. The van der Waals surface area contributed by atoms with Crippen LogP contribution in [0.4, 0.5) is 0 Å². The van der Waals surface area contributed by atoms with Gasteiger partial charge < -0.3 is 9.47 Å². The first-order chi connectivity index (χ1) is 8.95. The SMILES string of the molecule is C=C[C@]1(C)CC[C@@H]2[C@@H](O1)c1ccccc1OC2(C)C. The lowest BCUT2D eigenvalue weighted by Crippen LogP contribution is -2.50. The Kier molecular flexibility index (Phi) is 2.75. The van der Waals surface area contributed by atoms with Gasteiger partial charge in [-0.15, -0.1) is 6.58 Å². The van der Waals surface area contributed by atoms with Gasteiger partial charge in [-0.1, -0.05) is 24.3 Å². The van der Waals surface area contributed by atoms with E-state index in [1.165, 1.54) is 5.56 Å². The van der Waals surface area contributed by atoms with Crippen LogP contribution >= 0.6 is 0 Å².